The number of anilines is 1. The SMILES string of the molecule is CC(C)(C)OC(=O)NCC1CCCCN1c1ccc([N+](=O)[O-])cc1F. The van der Waals surface area contributed by atoms with Gasteiger partial charge in [-0.25, -0.2) is 9.18 Å². The molecule has 1 saturated heterocycles. The van der Waals surface area contributed by atoms with Crippen molar-refractivity contribution in [2.24, 2.45) is 0 Å². The number of nitro benzene ring substituents is 1. The van der Waals surface area contributed by atoms with Crippen LogP contribution in [-0.4, -0.2) is 35.7 Å². The molecule has 1 N–H and O–H groups in total. The van der Waals surface area contributed by atoms with Crippen LogP contribution in [0.2, 0.25) is 0 Å². The van der Waals surface area contributed by atoms with E-state index in [1.165, 1.54) is 12.1 Å². The van der Waals surface area contributed by atoms with Crippen molar-refractivity contribution in [2.75, 3.05) is 18.0 Å². The number of rotatable bonds is 4. The molecule has 1 fully saturated rings. The minimum Gasteiger partial charge on any atom is -0.444 e. The molecule has 0 aromatic heterocycles. The third kappa shape index (κ3) is 5.30. The van der Waals surface area contributed by atoms with Crippen LogP contribution >= 0.6 is 0 Å². The number of alkyl carbamates (subject to hydrolysis) is 1. The number of halogens is 1. The zero-order valence-electron chi connectivity index (χ0n) is 14.8. The second kappa shape index (κ2) is 7.67. The number of benzene rings is 1. The highest BCUT2D eigenvalue weighted by atomic mass is 19.1. The summed E-state index contributed by atoms with van der Waals surface area (Å²) in [7, 11) is 0. The number of carbonyl (C=O) groups is 1. The Balaban J connectivity index is 2.08. The van der Waals surface area contributed by atoms with Gasteiger partial charge in [-0.1, -0.05) is 0 Å². The van der Waals surface area contributed by atoms with E-state index in [9.17, 15) is 19.3 Å². The highest BCUT2D eigenvalue weighted by Crippen LogP contribution is 2.29. The summed E-state index contributed by atoms with van der Waals surface area (Å²) >= 11 is 0. The molecule has 0 saturated carbocycles. The van der Waals surface area contributed by atoms with Gasteiger partial charge in [0.1, 0.15) is 5.60 Å². The van der Waals surface area contributed by atoms with Crippen LogP contribution in [0.15, 0.2) is 18.2 Å². The maximum absolute atomic E-state index is 14.3. The number of nitrogens with one attached hydrogen (secondary N) is 1. The summed E-state index contributed by atoms with van der Waals surface area (Å²) < 4.78 is 19.5. The number of hydrogen-bond acceptors (Lipinski definition) is 5. The maximum Gasteiger partial charge on any atom is 0.407 e. The van der Waals surface area contributed by atoms with E-state index in [-0.39, 0.29) is 11.7 Å². The minimum absolute atomic E-state index is 0.0859. The van der Waals surface area contributed by atoms with Crippen molar-refractivity contribution in [3.05, 3.63) is 34.1 Å². The summed E-state index contributed by atoms with van der Waals surface area (Å²) in [5.41, 5.74) is -0.538. The summed E-state index contributed by atoms with van der Waals surface area (Å²) in [6.07, 6.45) is 2.17. The van der Waals surface area contributed by atoms with Gasteiger partial charge in [0.2, 0.25) is 0 Å². The van der Waals surface area contributed by atoms with Crippen molar-refractivity contribution in [1.29, 1.82) is 0 Å². The molecular formula is C17H24FN3O4. The van der Waals surface area contributed by atoms with Crippen molar-refractivity contribution in [3.8, 4) is 0 Å². The maximum atomic E-state index is 14.3. The lowest BCUT2D eigenvalue weighted by Gasteiger charge is -2.37. The number of amides is 1. The molecule has 1 aliphatic rings. The fraction of sp³-hybridized carbons (Fsp3) is 0.588. The molecule has 0 spiro atoms. The van der Waals surface area contributed by atoms with E-state index in [4.69, 9.17) is 4.74 Å². The molecule has 1 aliphatic heterocycles. The molecule has 8 heteroatoms. The van der Waals surface area contributed by atoms with Crippen LogP contribution in [0.3, 0.4) is 0 Å². The summed E-state index contributed by atoms with van der Waals surface area (Å²) in [5.74, 6) is -0.627. The van der Waals surface area contributed by atoms with Gasteiger partial charge < -0.3 is 15.0 Å². The molecule has 0 radical (unpaired) electrons. The molecule has 7 nitrogen and oxygen atoms in total. The molecule has 1 aromatic rings. The highest BCUT2D eigenvalue weighted by molar-refractivity contribution is 5.67. The van der Waals surface area contributed by atoms with Gasteiger partial charge in [-0.15, -0.1) is 0 Å². The molecule has 2 rings (SSSR count). The number of ether oxygens (including phenoxy) is 1. The zero-order valence-corrected chi connectivity index (χ0v) is 14.8. The van der Waals surface area contributed by atoms with E-state index < -0.39 is 22.4 Å². The Hall–Kier alpha value is -2.38. The molecule has 0 aliphatic carbocycles. The number of hydrogen-bond donors (Lipinski definition) is 1. The van der Waals surface area contributed by atoms with E-state index in [1.54, 1.807) is 20.8 Å². The average Bonchev–Trinajstić information content (AvgIpc) is 2.51. The van der Waals surface area contributed by atoms with Crippen LogP contribution in [0.4, 0.5) is 20.6 Å². The molecule has 1 atom stereocenters. The first-order valence-corrected chi connectivity index (χ1v) is 8.35. The van der Waals surface area contributed by atoms with E-state index in [1.807, 2.05) is 4.90 Å². The summed E-state index contributed by atoms with van der Waals surface area (Å²) in [6, 6.07) is 3.57. The second-order valence-electron chi connectivity index (χ2n) is 7.12. The number of piperidine rings is 1. The van der Waals surface area contributed by atoms with Gasteiger partial charge in [0.15, 0.2) is 5.82 Å². The lowest BCUT2D eigenvalue weighted by Crippen LogP contribution is -2.48. The number of carbonyl (C=O) groups excluding carboxylic acids is 1. The monoisotopic (exact) mass is 353 g/mol. The Kier molecular flexibility index (Phi) is 5.81. The zero-order chi connectivity index (χ0) is 18.6. The third-order valence-electron chi connectivity index (χ3n) is 3.96. The molecule has 0 bridgehead atoms. The van der Waals surface area contributed by atoms with Gasteiger partial charge in [-0.3, -0.25) is 10.1 Å². The van der Waals surface area contributed by atoms with Crippen LogP contribution in [0.25, 0.3) is 0 Å². The fourth-order valence-electron chi connectivity index (χ4n) is 2.89. The topological polar surface area (TPSA) is 84.7 Å². The van der Waals surface area contributed by atoms with Crippen LogP contribution in [0, 0.1) is 15.9 Å². The molecule has 1 unspecified atom stereocenters. The van der Waals surface area contributed by atoms with E-state index in [2.05, 4.69) is 5.32 Å². The third-order valence-corrected chi connectivity index (χ3v) is 3.96. The van der Waals surface area contributed by atoms with Crippen LogP contribution in [-0.2, 0) is 4.74 Å². The highest BCUT2D eigenvalue weighted by Gasteiger charge is 2.27. The van der Waals surface area contributed by atoms with Gasteiger partial charge in [0.05, 0.1) is 16.7 Å². The van der Waals surface area contributed by atoms with Gasteiger partial charge in [-0.05, 0) is 46.1 Å². The van der Waals surface area contributed by atoms with Gasteiger partial charge >= 0.3 is 6.09 Å². The Morgan fingerprint density at radius 3 is 2.76 bits per heavy atom. The fourth-order valence-corrected chi connectivity index (χ4v) is 2.89. The summed E-state index contributed by atoms with van der Waals surface area (Å²) in [6.45, 7) is 6.31. The normalized spacial score (nSPS) is 17.9. The summed E-state index contributed by atoms with van der Waals surface area (Å²) in [4.78, 5) is 23.8. The van der Waals surface area contributed by atoms with Crippen LogP contribution in [0.5, 0.6) is 0 Å². The molecule has 1 aromatic carbocycles. The quantitative estimate of drug-likeness (QED) is 0.660. The minimum atomic E-state index is -0.627. The van der Waals surface area contributed by atoms with Crippen LogP contribution < -0.4 is 10.2 Å². The van der Waals surface area contributed by atoms with Crippen molar-refractivity contribution in [1.82, 2.24) is 5.32 Å². The number of non-ortho nitro benzene ring substituents is 1. The standard InChI is InChI=1S/C17H24FN3O4/c1-17(2,3)25-16(22)19-11-13-6-4-5-9-20(13)15-8-7-12(21(23)24)10-14(15)18/h7-8,10,13H,4-6,9,11H2,1-3H3,(H,19,22). The second-order valence-corrected chi connectivity index (χ2v) is 7.12. The number of nitrogens with zero attached hydrogens (tertiary/aromatic N) is 2. The molecule has 25 heavy (non-hydrogen) atoms. The first-order chi connectivity index (χ1) is 11.7. The van der Waals surface area contributed by atoms with Crippen molar-refractivity contribution >= 4 is 17.5 Å². The first kappa shape index (κ1) is 19.0. The van der Waals surface area contributed by atoms with Crippen molar-refractivity contribution < 1.29 is 18.8 Å². The Morgan fingerprint density at radius 1 is 1.44 bits per heavy atom. The predicted octanol–water partition coefficient (Wildman–Crippen LogP) is 3.62. The summed E-state index contributed by atoms with van der Waals surface area (Å²) in [5, 5.41) is 13.5. The van der Waals surface area contributed by atoms with Gasteiger partial charge in [0, 0.05) is 25.2 Å². The largest absolute Gasteiger partial charge is 0.444 e. The number of nitro groups is 1. The molecule has 138 valence electrons. The van der Waals surface area contributed by atoms with E-state index in [0.29, 0.717) is 18.8 Å². The smallest absolute Gasteiger partial charge is 0.407 e. The van der Waals surface area contributed by atoms with Crippen molar-refractivity contribution in [3.63, 3.8) is 0 Å². The Morgan fingerprint density at radius 2 is 2.16 bits per heavy atom. The van der Waals surface area contributed by atoms with Gasteiger partial charge in [0.25, 0.3) is 5.69 Å². The van der Waals surface area contributed by atoms with Gasteiger partial charge in [-0.2, -0.15) is 0 Å². The molecular weight excluding hydrogens is 329 g/mol. The van der Waals surface area contributed by atoms with Crippen LogP contribution in [0.1, 0.15) is 40.0 Å². The molecule has 1 heterocycles. The Labute approximate surface area is 146 Å². The molecule has 1 amide bonds. The van der Waals surface area contributed by atoms with E-state index in [0.717, 1.165) is 25.3 Å². The lowest BCUT2D eigenvalue weighted by molar-refractivity contribution is -0.385. The predicted molar refractivity (Wildman–Crippen MR) is 92.3 cm³/mol. The Bertz CT molecular complexity index is 645. The van der Waals surface area contributed by atoms with Crippen molar-refractivity contribution in [2.45, 2.75) is 51.7 Å². The lowest BCUT2D eigenvalue weighted by atomic mass is 10.0. The first-order valence-electron chi connectivity index (χ1n) is 8.35. The van der Waals surface area contributed by atoms with E-state index >= 15 is 0 Å². The average molecular weight is 353 g/mol.